The Kier molecular flexibility index (Phi) is 7.07. The molecule has 1 aliphatic rings. The van der Waals surface area contributed by atoms with E-state index in [1.54, 1.807) is 0 Å². The topological polar surface area (TPSA) is 39.5 Å². The molecule has 5 heteroatoms. The molecule has 1 aliphatic heterocycles. The average Bonchev–Trinajstić information content (AvgIpc) is 2.68. The van der Waals surface area contributed by atoms with Crippen molar-refractivity contribution in [2.75, 3.05) is 32.7 Å². The van der Waals surface area contributed by atoms with Crippen LogP contribution in [0.3, 0.4) is 0 Å². The zero-order valence-corrected chi connectivity index (χ0v) is 16.5. The maximum atomic E-state index is 8.73. The fourth-order valence-electron chi connectivity index (χ4n) is 3.17. The highest BCUT2D eigenvalue weighted by Crippen LogP contribution is 2.26. The predicted molar refractivity (Wildman–Crippen MR) is 107 cm³/mol. The molecule has 0 amide bonds. The molecule has 0 aromatic heterocycles. The van der Waals surface area contributed by atoms with E-state index in [0.29, 0.717) is 13.0 Å². The van der Waals surface area contributed by atoms with E-state index in [0.717, 1.165) is 49.5 Å². The molecule has 3 rings (SSSR count). The van der Waals surface area contributed by atoms with Crippen LogP contribution in [0.4, 0.5) is 0 Å². The normalized spacial score (nSPS) is 15.5. The zero-order chi connectivity index (χ0) is 18.2. The minimum Gasteiger partial charge on any atom is -0.489 e. The maximum absolute atomic E-state index is 8.73. The lowest BCUT2D eigenvalue weighted by molar-refractivity contribution is 0.128. The molecule has 1 saturated heterocycles. The number of hydrogen-bond donors (Lipinski definition) is 0. The molecule has 0 unspecified atom stereocenters. The Balaban J connectivity index is 1.59. The molecular formula is C21H24BrN3O. The van der Waals surface area contributed by atoms with E-state index in [4.69, 9.17) is 10.00 Å². The van der Waals surface area contributed by atoms with Gasteiger partial charge in [-0.15, -0.1) is 0 Å². The summed E-state index contributed by atoms with van der Waals surface area (Å²) in [5.74, 6) is 0.948. The van der Waals surface area contributed by atoms with Crippen LogP contribution in [0, 0.1) is 11.3 Å². The summed E-state index contributed by atoms with van der Waals surface area (Å²) in [4.78, 5) is 4.83. The number of nitriles is 1. The van der Waals surface area contributed by atoms with Crippen molar-refractivity contribution in [3.63, 3.8) is 0 Å². The van der Waals surface area contributed by atoms with E-state index in [2.05, 4.69) is 50.0 Å². The van der Waals surface area contributed by atoms with Gasteiger partial charge in [0.15, 0.2) is 0 Å². The molecule has 136 valence electrons. The second kappa shape index (κ2) is 9.72. The van der Waals surface area contributed by atoms with Crippen LogP contribution in [-0.4, -0.2) is 42.5 Å². The third-order valence-corrected chi connectivity index (χ3v) is 5.15. The van der Waals surface area contributed by atoms with Gasteiger partial charge in [-0.1, -0.05) is 46.3 Å². The smallest absolute Gasteiger partial charge is 0.124 e. The zero-order valence-electron chi connectivity index (χ0n) is 14.9. The number of benzene rings is 2. The summed E-state index contributed by atoms with van der Waals surface area (Å²) < 4.78 is 7.18. The van der Waals surface area contributed by atoms with E-state index >= 15 is 0 Å². The summed E-state index contributed by atoms with van der Waals surface area (Å²) >= 11 is 3.58. The first-order chi connectivity index (χ1) is 12.7. The van der Waals surface area contributed by atoms with Crippen molar-refractivity contribution in [3.8, 4) is 11.8 Å². The molecule has 1 fully saturated rings. The van der Waals surface area contributed by atoms with Gasteiger partial charge in [0, 0.05) is 55.7 Å². The molecule has 0 spiro atoms. The van der Waals surface area contributed by atoms with Crippen molar-refractivity contribution in [1.82, 2.24) is 9.80 Å². The Labute approximate surface area is 164 Å². The van der Waals surface area contributed by atoms with Gasteiger partial charge >= 0.3 is 0 Å². The Morgan fingerprint density at radius 3 is 2.46 bits per heavy atom. The van der Waals surface area contributed by atoms with E-state index in [9.17, 15) is 0 Å². The van der Waals surface area contributed by atoms with Gasteiger partial charge in [-0.05, 0) is 23.8 Å². The molecule has 0 atom stereocenters. The van der Waals surface area contributed by atoms with E-state index < -0.39 is 0 Å². The van der Waals surface area contributed by atoms with Crippen LogP contribution in [0.25, 0.3) is 0 Å². The van der Waals surface area contributed by atoms with Crippen molar-refractivity contribution >= 4 is 15.9 Å². The SMILES string of the molecule is N#CCCN1CCN(Cc2cc(Br)ccc2OCc2ccccc2)CC1. The van der Waals surface area contributed by atoms with Gasteiger partial charge < -0.3 is 4.74 Å². The van der Waals surface area contributed by atoms with Gasteiger partial charge in [0.1, 0.15) is 12.4 Å². The molecule has 4 nitrogen and oxygen atoms in total. The van der Waals surface area contributed by atoms with Crippen LogP contribution in [0.5, 0.6) is 5.75 Å². The molecule has 1 heterocycles. The lowest BCUT2D eigenvalue weighted by Crippen LogP contribution is -2.46. The second-order valence-electron chi connectivity index (χ2n) is 6.55. The number of ether oxygens (including phenoxy) is 1. The third kappa shape index (κ3) is 5.57. The first kappa shape index (κ1) is 18.9. The number of hydrogen-bond acceptors (Lipinski definition) is 4. The van der Waals surface area contributed by atoms with Crippen LogP contribution in [-0.2, 0) is 13.2 Å². The summed E-state index contributed by atoms with van der Waals surface area (Å²) in [7, 11) is 0. The van der Waals surface area contributed by atoms with Crippen LogP contribution in [0.15, 0.2) is 53.0 Å². The van der Waals surface area contributed by atoms with Crippen LogP contribution in [0.2, 0.25) is 0 Å². The lowest BCUT2D eigenvalue weighted by atomic mass is 10.1. The first-order valence-corrected chi connectivity index (χ1v) is 9.81. The van der Waals surface area contributed by atoms with Gasteiger partial charge in [0.2, 0.25) is 0 Å². The van der Waals surface area contributed by atoms with Gasteiger partial charge in [0.25, 0.3) is 0 Å². The summed E-state index contributed by atoms with van der Waals surface area (Å²) in [6.45, 7) is 6.44. The van der Waals surface area contributed by atoms with Crippen molar-refractivity contribution in [1.29, 1.82) is 5.26 Å². The molecule has 2 aromatic carbocycles. The minimum atomic E-state index is 0.581. The van der Waals surface area contributed by atoms with Crippen LogP contribution >= 0.6 is 15.9 Å². The molecule has 0 saturated carbocycles. The number of rotatable bonds is 7. The second-order valence-corrected chi connectivity index (χ2v) is 7.47. The van der Waals surface area contributed by atoms with Crippen LogP contribution in [0.1, 0.15) is 17.5 Å². The maximum Gasteiger partial charge on any atom is 0.124 e. The van der Waals surface area contributed by atoms with Crippen molar-refractivity contribution < 1.29 is 4.74 Å². The predicted octanol–water partition coefficient (Wildman–Crippen LogP) is 4.06. The molecule has 0 bridgehead atoms. The Bertz CT molecular complexity index is 737. The fourth-order valence-corrected chi connectivity index (χ4v) is 3.58. The van der Waals surface area contributed by atoms with Gasteiger partial charge in [-0.2, -0.15) is 5.26 Å². The molecule has 0 aliphatic carbocycles. The third-order valence-electron chi connectivity index (χ3n) is 4.66. The van der Waals surface area contributed by atoms with Crippen molar-refractivity contribution in [3.05, 3.63) is 64.1 Å². The van der Waals surface area contributed by atoms with Gasteiger partial charge in [0.05, 0.1) is 6.07 Å². The summed E-state index contributed by atoms with van der Waals surface area (Å²) in [6, 6.07) is 18.7. The summed E-state index contributed by atoms with van der Waals surface area (Å²) in [5.41, 5.74) is 2.38. The molecule has 26 heavy (non-hydrogen) atoms. The highest BCUT2D eigenvalue weighted by atomic mass is 79.9. The lowest BCUT2D eigenvalue weighted by Gasteiger charge is -2.34. The van der Waals surface area contributed by atoms with Gasteiger partial charge in [-0.3, -0.25) is 9.80 Å². The Morgan fingerprint density at radius 2 is 1.73 bits per heavy atom. The standard InChI is InChI=1S/C21H24BrN3O/c22-20-7-8-21(26-17-18-5-2-1-3-6-18)19(15-20)16-25-13-11-24(12-14-25)10-4-9-23/h1-3,5-8,15H,4,10-14,16-17H2. The molecule has 2 aromatic rings. The van der Waals surface area contributed by atoms with Crippen LogP contribution < -0.4 is 4.74 Å². The minimum absolute atomic E-state index is 0.581. The highest BCUT2D eigenvalue weighted by molar-refractivity contribution is 9.10. The molecule has 0 N–H and O–H groups in total. The largest absolute Gasteiger partial charge is 0.489 e. The Morgan fingerprint density at radius 1 is 1.00 bits per heavy atom. The fraction of sp³-hybridized carbons (Fsp3) is 0.381. The number of halogens is 1. The summed E-state index contributed by atoms with van der Waals surface area (Å²) in [5, 5.41) is 8.73. The van der Waals surface area contributed by atoms with E-state index in [1.165, 1.54) is 11.1 Å². The van der Waals surface area contributed by atoms with Crippen molar-refractivity contribution in [2.24, 2.45) is 0 Å². The average molecular weight is 414 g/mol. The van der Waals surface area contributed by atoms with E-state index in [1.807, 2.05) is 30.3 Å². The monoisotopic (exact) mass is 413 g/mol. The first-order valence-electron chi connectivity index (χ1n) is 9.01. The highest BCUT2D eigenvalue weighted by Gasteiger charge is 2.18. The number of nitrogens with zero attached hydrogens (tertiary/aromatic N) is 3. The number of piperazine rings is 1. The quantitative estimate of drug-likeness (QED) is 0.685. The Hall–Kier alpha value is -1.87. The van der Waals surface area contributed by atoms with Crippen molar-refractivity contribution in [2.45, 2.75) is 19.6 Å². The van der Waals surface area contributed by atoms with E-state index in [-0.39, 0.29) is 0 Å². The van der Waals surface area contributed by atoms with Gasteiger partial charge in [-0.25, -0.2) is 0 Å². The molecular weight excluding hydrogens is 390 g/mol. The molecule has 0 radical (unpaired) electrons. The summed E-state index contributed by atoms with van der Waals surface area (Å²) in [6.07, 6.45) is 0.614.